The van der Waals surface area contributed by atoms with Crippen LogP contribution in [0.25, 0.3) is 11.0 Å². The third-order valence-corrected chi connectivity index (χ3v) is 7.21. The van der Waals surface area contributed by atoms with Gasteiger partial charge in [-0.15, -0.1) is 11.3 Å². The molecule has 0 fully saturated rings. The normalized spacial score (nSPS) is 17.3. The second kappa shape index (κ2) is 7.19. The van der Waals surface area contributed by atoms with Gasteiger partial charge in [0, 0.05) is 18.5 Å². The van der Waals surface area contributed by atoms with Crippen molar-refractivity contribution in [3.8, 4) is 0 Å². The molecule has 0 saturated carbocycles. The number of benzene rings is 1. The minimum atomic E-state index is -0.390. The van der Waals surface area contributed by atoms with Gasteiger partial charge in [0.25, 0.3) is 5.91 Å². The van der Waals surface area contributed by atoms with E-state index in [1.807, 2.05) is 47.6 Å². The Balaban J connectivity index is 1.44. The third kappa shape index (κ3) is 3.11. The van der Waals surface area contributed by atoms with Gasteiger partial charge in [0.05, 0.1) is 29.7 Å². The number of aryl methyl sites for hydroxylation is 1. The fourth-order valence-corrected chi connectivity index (χ4v) is 5.85. The van der Waals surface area contributed by atoms with Crippen LogP contribution in [0.5, 0.6) is 0 Å². The van der Waals surface area contributed by atoms with Crippen LogP contribution in [0.2, 0.25) is 0 Å². The van der Waals surface area contributed by atoms with Gasteiger partial charge in [-0.2, -0.15) is 0 Å². The molecule has 1 aromatic carbocycles. The van der Waals surface area contributed by atoms with Crippen LogP contribution in [-0.4, -0.2) is 57.2 Å². The molecule has 0 saturated heterocycles. The summed E-state index contributed by atoms with van der Waals surface area (Å²) in [6.45, 7) is 4.85. The first kappa shape index (κ1) is 19.7. The Morgan fingerprint density at radius 1 is 1.23 bits per heavy atom. The van der Waals surface area contributed by atoms with E-state index in [2.05, 4.69) is 10.3 Å². The van der Waals surface area contributed by atoms with E-state index in [1.165, 1.54) is 16.2 Å². The van der Waals surface area contributed by atoms with Gasteiger partial charge in [-0.25, -0.2) is 4.98 Å². The second-order valence-corrected chi connectivity index (χ2v) is 9.23. The molecule has 3 aromatic rings. The van der Waals surface area contributed by atoms with Crippen molar-refractivity contribution in [2.75, 3.05) is 25.5 Å². The zero-order chi connectivity index (χ0) is 21.9. The van der Waals surface area contributed by atoms with Crippen LogP contribution in [0, 0.1) is 6.92 Å². The summed E-state index contributed by atoms with van der Waals surface area (Å²) in [6.07, 6.45) is 0.596. The number of fused-ring (bicyclic) bond motifs is 4. The van der Waals surface area contributed by atoms with Gasteiger partial charge >= 0.3 is 0 Å². The highest BCUT2D eigenvalue weighted by Crippen LogP contribution is 2.39. The Morgan fingerprint density at radius 3 is 2.81 bits per heavy atom. The van der Waals surface area contributed by atoms with Crippen LogP contribution in [0.15, 0.2) is 24.3 Å². The Bertz CT molecular complexity index is 1240. The van der Waals surface area contributed by atoms with Crippen molar-refractivity contribution in [3.05, 3.63) is 46.1 Å². The SMILES string of the molecule is Cc1nc2ccccc2n1C(C)C(=O)N1CCc2c(sc3c2C(=O)N(C)CC(=O)N3)C1. The minimum Gasteiger partial charge on any atom is -0.335 e. The number of rotatable bonds is 2. The molecule has 0 spiro atoms. The van der Waals surface area contributed by atoms with Gasteiger partial charge in [-0.05, 0) is 38.0 Å². The van der Waals surface area contributed by atoms with Crippen LogP contribution in [0.3, 0.4) is 0 Å². The number of aromatic nitrogens is 2. The van der Waals surface area contributed by atoms with Crippen LogP contribution >= 0.6 is 11.3 Å². The number of nitrogens with one attached hydrogen (secondary N) is 1. The summed E-state index contributed by atoms with van der Waals surface area (Å²) in [6, 6.07) is 7.43. The van der Waals surface area contributed by atoms with Gasteiger partial charge in [-0.3, -0.25) is 14.4 Å². The number of thiophene rings is 1. The predicted molar refractivity (Wildman–Crippen MR) is 118 cm³/mol. The molecule has 9 heteroatoms. The highest BCUT2D eigenvalue weighted by Gasteiger charge is 2.35. The summed E-state index contributed by atoms with van der Waals surface area (Å²) >= 11 is 1.40. The number of anilines is 1. The summed E-state index contributed by atoms with van der Waals surface area (Å²) < 4.78 is 1.98. The number of nitrogens with zero attached hydrogens (tertiary/aromatic N) is 4. The Kier molecular flexibility index (Phi) is 4.58. The number of amides is 3. The van der Waals surface area contributed by atoms with Gasteiger partial charge in [-0.1, -0.05) is 12.1 Å². The maximum absolute atomic E-state index is 13.4. The number of hydrogen-bond donors (Lipinski definition) is 1. The van der Waals surface area contributed by atoms with Crippen molar-refractivity contribution < 1.29 is 14.4 Å². The van der Waals surface area contributed by atoms with E-state index in [1.54, 1.807) is 7.05 Å². The molecule has 0 aliphatic carbocycles. The number of para-hydroxylation sites is 2. The number of carbonyl (C=O) groups excluding carboxylic acids is 3. The number of likely N-dealkylation sites (N-methyl/N-ethyl adjacent to an activating group) is 1. The molecule has 4 heterocycles. The summed E-state index contributed by atoms with van der Waals surface area (Å²) in [5, 5.41) is 3.46. The first-order chi connectivity index (χ1) is 14.8. The highest BCUT2D eigenvalue weighted by molar-refractivity contribution is 7.17. The molecule has 8 nitrogen and oxygen atoms in total. The molecule has 1 N–H and O–H groups in total. The summed E-state index contributed by atoms with van der Waals surface area (Å²) in [7, 11) is 1.64. The maximum Gasteiger partial charge on any atom is 0.257 e. The van der Waals surface area contributed by atoms with E-state index in [4.69, 9.17) is 0 Å². The molecular weight excluding hydrogens is 414 g/mol. The van der Waals surface area contributed by atoms with E-state index in [0.29, 0.717) is 30.1 Å². The van der Waals surface area contributed by atoms with Crippen LogP contribution in [0.4, 0.5) is 5.00 Å². The minimum absolute atomic E-state index is 0.0213. The topological polar surface area (TPSA) is 87.5 Å². The fourth-order valence-electron chi connectivity index (χ4n) is 4.58. The lowest BCUT2D eigenvalue weighted by atomic mass is 10.0. The van der Waals surface area contributed by atoms with Crippen LogP contribution < -0.4 is 5.32 Å². The third-order valence-electron chi connectivity index (χ3n) is 6.08. The maximum atomic E-state index is 13.4. The summed E-state index contributed by atoms with van der Waals surface area (Å²) in [4.78, 5) is 47.1. The monoisotopic (exact) mass is 437 g/mol. The molecule has 160 valence electrons. The van der Waals surface area contributed by atoms with E-state index >= 15 is 0 Å². The molecule has 0 radical (unpaired) electrons. The molecule has 1 unspecified atom stereocenters. The number of hydrogen-bond acceptors (Lipinski definition) is 5. The van der Waals surface area contributed by atoms with Gasteiger partial charge in [0.15, 0.2) is 0 Å². The van der Waals surface area contributed by atoms with E-state index < -0.39 is 0 Å². The zero-order valence-corrected chi connectivity index (χ0v) is 18.5. The average Bonchev–Trinajstić information content (AvgIpc) is 3.24. The molecule has 1 atom stereocenters. The Hall–Kier alpha value is -3.20. The van der Waals surface area contributed by atoms with E-state index in [0.717, 1.165) is 27.3 Å². The number of imidazole rings is 1. The fraction of sp³-hybridized carbons (Fsp3) is 0.364. The lowest BCUT2D eigenvalue weighted by Crippen LogP contribution is -2.40. The molecule has 0 bridgehead atoms. The largest absolute Gasteiger partial charge is 0.335 e. The number of carbonyl (C=O) groups is 3. The predicted octanol–water partition coefficient (Wildman–Crippen LogP) is 2.58. The highest BCUT2D eigenvalue weighted by atomic mass is 32.1. The molecule has 2 aromatic heterocycles. The smallest absolute Gasteiger partial charge is 0.257 e. The first-order valence-corrected chi connectivity index (χ1v) is 11.1. The molecule has 2 aliphatic heterocycles. The first-order valence-electron chi connectivity index (χ1n) is 10.3. The molecular formula is C22H23N5O3S. The van der Waals surface area contributed by atoms with Crippen LogP contribution in [0.1, 0.15) is 39.6 Å². The van der Waals surface area contributed by atoms with Crippen molar-refractivity contribution >= 4 is 45.1 Å². The molecule has 31 heavy (non-hydrogen) atoms. The average molecular weight is 438 g/mol. The standard InChI is InChI=1S/C22H23N5O3S/c1-12(27-13(2)23-15-6-4-5-7-16(15)27)21(29)26-9-8-14-17(10-26)31-20-19(14)22(30)25(3)11-18(28)24-20/h4-7,12H,8-11H2,1-3H3,(H,24,28). The van der Waals surface area contributed by atoms with Crippen molar-refractivity contribution in [2.24, 2.45) is 0 Å². The quantitative estimate of drug-likeness (QED) is 0.668. The van der Waals surface area contributed by atoms with Crippen molar-refractivity contribution in [3.63, 3.8) is 0 Å². The van der Waals surface area contributed by atoms with Gasteiger partial charge in [0.2, 0.25) is 11.8 Å². The summed E-state index contributed by atoms with van der Waals surface area (Å²) in [5.41, 5.74) is 3.36. The van der Waals surface area contributed by atoms with Crippen LogP contribution in [-0.2, 0) is 22.6 Å². The lowest BCUT2D eigenvalue weighted by Gasteiger charge is -2.30. The molecule has 3 amide bonds. The van der Waals surface area contributed by atoms with Gasteiger partial charge in [0.1, 0.15) is 16.9 Å². The summed E-state index contributed by atoms with van der Waals surface area (Å²) in [5.74, 6) is 0.489. The Morgan fingerprint density at radius 2 is 2.00 bits per heavy atom. The van der Waals surface area contributed by atoms with Crippen molar-refractivity contribution in [1.82, 2.24) is 19.4 Å². The molecule has 2 aliphatic rings. The lowest BCUT2D eigenvalue weighted by molar-refractivity contribution is -0.135. The second-order valence-electron chi connectivity index (χ2n) is 8.12. The van der Waals surface area contributed by atoms with Crippen molar-refractivity contribution in [1.29, 1.82) is 0 Å². The van der Waals surface area contributed by atoms with E-state index in [-0.39, 0.29) is 30.3 Å². The zero-order valence-electron chi connectivity index (χ0n) is 17.6. The van der Waals surface area contributed by atoms with Gasteiger partial charge < -0.3 is 19.7 Å². The van der Waals surface area contributed by atoms with Crippen molar-refractivity contribution in [2.45, 2.75) is 32.9 Å². The Labute approximate surface area is 183 Å². The molecule has 5 rings (SSSR count). The van der Waals surface area contributed by atoms with E-state index in [9.17, 15) is 14.4 Å².